The number of unbranched alkanes of at least 4 members (excludes halogenated alkanes) is 2. The SMILES string of the molecule is CCCC/C=C/c1cnc(N2CCN(CCO)CC2)c2nccn12. The van der Waals surface area contributed by atoms with E-state index >= 15 is 0 Å². The summed E-state index contributed by atoms with van der Waals surface area (Å²) in [5.74, 6) is 0.953. The summed E-state index contributed by atoms with van der Waals surface area (Å²) in [4.78, 5) is 13.8. The number of aliphatic hydroxyl groups excluding tert-OH is 1. The molecule has 0 bridgehead atoms. The zero-order valence-electron chi connectivity index (χ0n) is 14.4. The smallest absolute Gasteiger partial charge is 0.180 e. The van der Waals surface area contributed by atoms with Crippen molar-refractivity contribution < 1.29 is 5.11 Å². The van der Waals surface area contributed by atoms with Gasteiger partial charge in [0.25, 0.3) is 0 Å². The number of piperazine rings is 1. The Labute approximate surface area is 143 Å². The van der Waals surface area contributed by atoms with E-state index in [0.717, 1.165) is 56.3 Å². The summed E-state index contributed by atoms with van der Waals surface area (Å²) in [7, 11) is 0. The van der Waals surface area contributed by atoms with Gasteiger partial charge >= 0.3 is 0 Å². The van der Waals surface area contributed by atoms with E-state index in [0.29, 0.717) is 0 Å². The van der Waals surface area contributed by atoms with Gasteiger partial charge in [0.2, 0.25) is 0 Å². The van der Waals surface area contributed by atoms with Gasteiger partial charge in [-0.3, -0.25) is 9.30 Å². The Kier molecular flexibility index (Phi) is 5.82. The van der Waals surface area contributed by atoms with Crippen LogP contribution in [0.4, 0.5) is 5.82 Å². The van der Waals surface area contributed by atoms with E-state index in [1.807, 2.05) is 18.6 Å². The Bertz CT molecular complexity index is 673. The normalized spacial score (nSPS) is 16.5. The summed E-state index contributed by atoms with van der Waals surface area (Å²) in [5.41, 5.74) is 1.99. The molecule has 2 aromatic heterocycles. The summed E-state index contributed by atoms with van der Waals surface area (Å²) < 4.78 is 2.12. The molecule has 0 spiro atoms. The zero-order chi connectivity index (χ0) is 16.8. The van der Waals surface area contributed by atoms with Crippen LogP contribution in [0.15, 0.2) is 24.7 Å². The standard InChI is InChI=1S/C18H27N5O/c1-2-3-4-5-6-16-15-20-17(18-19-7-8-23(16)18)22-11-9-21(10-12-22)13-14-24/h5-8,15,24H,2-4,9-14H2,1H3/b6-5+. The number of anilines is 1. The molecule has 0 saturated carbocycles. The summed E-state index contributed by atoms with van der Waals surface area (Å²) in [6.45, 7) is 6.92. The first-order valence-corrected chi connectivity index (χ1v) is 8.90. The van der Waals surface area contributed by atoms with E-state index in [-0.39, 0.29) is 6.61 Å². The first kappa shape index (κ1) is 16.9. The molecule has 1 aliphatic rings. The molecule has 3 heterocycles. The Morgan fingerprint density at radius 3 is 2.79 bits per heavy atom. The highest BCUT2D eigenvalue weighted by molar-refractivity contribution is 5.67. The lowest BCUT2D eigenvalue weighted by atomic mass is 10.2. The lowest BCUT2D eigenvalue weighted by molar-refractivity contribution is 0.188. The van der Waals surface area contributed by atoms with E-state index < -0.39 is 0 Å². The summed E-state index contributed by atoms with van der Waals surface area (Å²) >= 11 is 0. The van der Waals surface area contributed by atoms with Crippen molar-refractivity contribution in [2.24, 2.45) is 0 Å². The number of aromatic nitrogens is 3. The second kappa shape index (κ2) is 8.26. The highest BCUT2D eigenvalue weighted by atomic mass is 16.3. The molecule has 2 aromatic rings. The van der Waals surface area contributed by atoms with Crippen LogP contribution >= 0.6 is 0 Å². The second-order valence-electron chi connectivity index (χ2n) is 6.22. The van der Waals surface area contributed by atoms with Crippen LogP contribution in [0.5, 0.6) is 0 Å². The molecule has 1 fully saturated rings. The van der Waals surface area contributed by atoms with Gasteiger partial charge in [-0.05, 0) is 12.5 Å². The molecule has 1 N–H and O–H groups in total. The van der Waals surface area contributed by atoms with Gasteiger partial charge in [0.05, 0.1) is 18.5 Å². The Balaban J connectivity index is 1.76. The van der Waals surface area contributed by atoms with E-state index in [2.05, 4.69) is 38.3 Å². The number of hydrogen-bond donors (Lipinski definition) is 1. The fourth-order valence-corrected chi connectivity index (χ4v) is 3.12. The quantitative estimate of drug-likeness (QED) is 0.788. The monoisotopic (exact) mass is 329 g/mol. The minimum Gasteiger partial charge on any atom is -0.395 e. The van der Waals surface area contributed by atoms with E-state index in [9.17, 15) is 0 Å². The molecule has 24 heavy (non-hydrogen) atoms. The van der Waals surface area contributed by atoms with Crippen molar-refractivity contribution in [3.63, 3.8) is 0 Å². The van der Waals surface area contributed by atoms with Gasteiger partial charge in [-0.25, -0.2) is 9.97 Å². The average Bonchev–Trinajstić information content (AvgIpc) is 3.10. The Morgan fingerprint density at radius 2 is 2.04 bits per heavy atom. The molecule has 130 valence electrons. The molecule has 0 amide bonds. The molecule has 0 atom stereocenters. The maximum Gasteiger partial charge on any atom is 0.180 e. The van der Waals surface area contributed by atoms with Crippen LogP contribution in [-0.4, -0.2) is 63.7 Å². The third kappa shape index (κ3) is 3.76. The fourth-order valence-electron chi connectivity index (χ4n) is 3.12. The average molecular weight is 329 g/mol. The molecule has 1 aliphatic heterocycles. The first-order chi connectivity index (χ1) is 11.8. The number of hydrogen-bond acceptors (Lipinski definition) is 5. The second-order valence-corrected chi connectivity index (χ2v) is 6.22. The number of nitrogens with zero attached hydrogens (tertiary/aromatic N) is 5. The number of aliphatic hydroxyl groups is 1. The Morgan fingerprint density at radius 1 is 1.21 bits per heavy atom. The van der Waals surface area contributed by atoms with Crippen molar-refractivity contribution in [3.8, 4) is 0 Å². The minimum absolute atomic E-state index is 0.224. The molecule has 0 unspecified atom stereocenters. The molecule has 3 rings (SSSR count). The third-order valence-corrected chi connectivity index (χ3v) is 4.54. The zero-order valence-corrected chi connectivity index (χ0v) is 14.4. The lowest BCUT2D eigenvalue weighted by Gasteiger charge is -2.35. The molecular weight excluding hydrogens is 302 g/mol. The van der Waals surface area contributed by atoms with Crippen molar-refractivity contribution in [2.75, 3.05) is 44.2 Å². The Hall–Kier alpha value is -1.92. The molecule has 6 heteroatoms. The third-order valence-electron chi connectivity index (χ3n) is 4.54. The van der Waals surface area contributed by atoms with Crippen LogP contribution in [0.1, 0.15) is 31.9 Å². The maximum atomic E-state index is 9.06. The van der Waals surface area contributed by atoms with Crippen LogP contribution in [0.25, 0.3) is 11.7 Å². The van der Waals surface area contributed by atoms with Crippen LogP contribution in [-0.2, 0) is 0 Å². The van der Waals surface area contributed by atoms with Gasteiger partial charge in [-0.2, -0.15) is 0 Å². The highest BCUT2D eigenvalue weighted by Gasteiger charge is 2.20. The molecule has 1 saturated heterocycles. The molecular formula is C18H27N5O. The van der Waals surface area contributed by atoms with Crippen molar-refractivity contribution in [1.82, 2.24) is 19.3 Å². The van der Waals surface area contributed by atoms with E-state index in [4.69, 9.17) is 10.1 Å². The summed E-state index contributed by atoms with van der Waals surface area (Å²) in [6, 6.07) is 0. The van der Waals surface area contributed by atoms with Gasteiger partial charge in [0.15, 0.2) is 11.5 Å². The fraction of sp³-hybridized carbons (Fsp3) is 0.556. The van der Waals surface area contributed by atoms with Crippen LogP contribution < -0.4 is 4.90 Å². The van der Waals surface area contributed by atoms with Gasteiger partial charge in [-0.1, -0.05) is 25.8 Å². The highest BCUT2D eigenvalue weighted by Crippen LogP contribution is 2.21. The first-order valence-electron chi connectivity index (χ1n) is 8.90. The molecule has 0 radical (unpaired) electrons. The van der Waals surface area contributed by atoms with Crippen molar-refractivity contribution in [2.45, 2.75) is 26.2 Å². The minimum atomic E-state index is 0.224. The molecule has 0 aromatic carbocycles. The van der Waals surface area contributed by atoms with E-state index in [1.165, 1.54) is 12.8 Å². The summed E-state index contributed by atoms with van der Waals surface area (Å²) in [6.07, 6.45) is 13.7. The number of fused-ring (bicyclic) bond motifs is 1. The van der Waals surface area contributed by atoms with E-state index in [1.54, 1.807) is 0 Å². The van der Waals surface area contributed by atoms with Crippen LogP contribution in [0, 0.1) is 0 Å². The number of β-amino-alcohol motifs (C(OH)–C–C–N with tert-alkyl or cyclic N) is 1. The van der Waals surface area contributed by atoms with Gasteiger partial charge in [0, 0.05) is 45.1 Å². The van der Waals surface area contributed by atoms with Gasteiger partial charge in [0.1, 0.15) is 0 Å². The molecule has 0 aliphatic carbocycles. The number of allylic oxidation sites excluding steroid dienone is 1. The van der Waals surface area contributed by atoms with Crippen molar-refractivity contribution in [3.05, 3.63) is 30.4 Å². The maximum absolute atomic E-state index is 9.06. The topological polar surface area (TPSA) is 56.9 Å². The lowest BCUT2D eigenvalue weighted by Crippen LogP contribution is -2.47. The number of imidazole rings is 1. The predicted octanol–water partition coefficient (Wildman–Crippen LogP) is 2.05. The summed E-state index contributed by atoms with van der Waals surface area (Å²) in [5, 5.41) is 9.06. The van der Waals surface area contributed by atoms with Crippen molar-refractivity contribution in [1.29, 1.82) is 0 Å². The number of rotatable bonds is 7. The van der Waals surface area contributed by atoms with Gasteiger partial charge < -0.3 is 10.0 Å². The van der Waals surface area contributed by atoms with Crippen molar-refractivity contribution >= 4 is 17.5 Å². The van der Waals surface area contributed by atoms with Gasteiger partial charge in [-0.15, -0.1) is 0 Å². The predicted molar refractivity (Wildman–Crippen MR) is 97.3 cm³/mol. The molecule has 6 nitrogen and oxygen atoms in total. The van der Waals surface area contributed by atoms with Crippen LogP contribution in [0.3, 0.4) is 0 Å². The largest absolute Gasteiger partial charge is 0.395 e. The van der Waals surface area contributed by atoms with Crippen LogP contribution in [0.2, 0.25) is 0 Å².